The quantitative estimate of drug-likeness (QED) is 0.755. The van der Waals surface area contributed by atoms with E-state index in [1.54, 1.807) is 13.0 Å². The maximum atomic E-state index is 13.8. The summed E-state index contributed by atoms with van der Waals surface area (Å²) in [6, 6.07) is 8.62. The first-order valence-corrected chi connectivity index (χ1v) is 7.95. The molecule has 0 aromatic heterocycles. The van der Waals surface area contributed by atoms with E-state index >= 15 is 0 Å². The monoisotopic (exact) mass is 374 g/mol. The van der Waals surface area contributed by atoms with Gasteiger partial charge >= 0.3 is 11.9 Å². The Kier molecular flexibility index (Phi) is 6.48. The van der Waals surface area contributed by atoms with Crippen LogP contribution in [0.4, 0.5) is 15.8 Å². The van der Waals surface area contributed by atoms with Crippen LogP contribution in [0, 0.1) is 12.7 Å². The van der Waals surface area contributed by atoms with Crippen LogP contribution in [0.25, 0.3) is 0 Å². The largest absolute Gasteiger partial charge is 0.465 e. The number of ether oxygens (including phenoxy) is 2. The summed E-state index contributed by atoms with van der Waals surface area (Å²) in [6.07, 6.45) is 0. The Morgan fingerprint density at radius 2 is 1.56 bits per heavy atom. The molecule has 27 heavy (non-hydrogen) atoms. The molecule has 2 rings (SSSR count). The van der Waals surface area contributed by atoms with E-state index in [4.69, 9.17) is 0 Å². The average Bonchev–Trinajstić information content (AvgIpc) is 2.65. The van der Waals surface area contributed by atoms with Crippen LogP contribution < -0.4 is 10.6 Å². The molecule has 0 aliphatic rings. The van der Waals surface area contributed by atoms with Gasteiger partial charge in [-0.05, 0) is 42.8 Å². The van der Waals surface area contributed by atoms with E-state index < -0.39 is 23.7 Å². The fourth-order valence-electron chi connectivity index (χ4n) is 2.32. The normalized spacial score (nSPS) is 10.1. The molecule has 2 N–H and O–H groups in total. The second-order valence-electron chi connectivity index (χ2n) is 5.67. The zero-order chi connectivity index (χ0) is 20.0. The smallest absolute Gasteiger partial charge is 0.337 e. The van der Waals surface area contributed by atoms with Gasteiger partial charge in [0.2, 0.25) is 5.91 Å². The average molecular weight is 374 g/mol. The third-order valence-electron chi connectivity index (χ3n) is 3.62. The fraction of sp³-hybridized carbons (Fsp3) is 0.211. The van der Waals surface area contributed by atoms with Gasteiger partial charge in [0.15, 0.2) is 0 Å². The first-order valence-electron chi connectivity index (χ1n) is 7.95. The van der Waals surface area contributed by atoms with Crippen LogP contribution in [0.5, 0.6) is 0 Å². The number of hydrogen-bond donors (Lipinski definition) is 2. The molecule has 0 saturated heterocycles. The maximum absolute atomic E-state index is 13.8. The van der Waals surface area contributed by atoms with E-state index in [2.05, 4.69) is 20.1 Å². The fourth-order valence-corrected chi connectivity index (χ4v) is 2.32. The molecule has 0 atom stereocenters. The summed E-state index contributed by atoms with van der Waals surface area (Å²) in [6.45, 7) is 1.54. The van der Waals surface area contributed by atoms with Crippen LogP contribution in [0.2, 0.25) is 0 Å². The van der Waals surface area contributed by atoms with Gasteiger partial charge in [0, 0.05) is 5.69 Å². The second kappa shape index (κ2) is 8.79. The topological polar surface area (TPSA) is 93.7 Å². The van der Waals surface area contributed by atoms with E-state index in [1.807, 2.05) is 0 Å². The van der Waals surface area contributed by atoms with Gasteiger partial charge in [0.05, 0.1) is 37.6 Å². The lowest BCUT2D eigenvalue weighted by molar-refractivity contribution is -0.114. The molecule has 2 aromatic carbocycles. The molecule has 0 radical (unpaired) electrons. The van der Waals surface area contributed by atoms with Crippen molar-refractivity contribution >= 4 is 29.2 Å². The Bertz CT molecular complexity index is 848. The van der Waals surface area contributed by atoms with Crippen molar-refractivity contribution in [3.05, 3.63) is 58.9 Å². The van der Waals surface area contributed by atoms with Gasteiger partial charge in [0.25, 0.3) is 0 Å². The first kappa shape index (κ1) is 19.9. The van der Waals surface area contributed by atoms with Crippen LogP contribution >= 0.6 is 0 Å². The summed E-state index contributed by atoms with van der Waals surface area (Å²) >= 11 is 0. The molecule has 0 bridgehead atoms. The Balaban J connectivity index is 2.13. The molecule has 0 saturated carbocycles. The number of anilines is 2. The summed E-state index contributed by atoms with van der Waals surface area (Å²) < 4.78 is 23.1. The van der Waals surface area contributed by atoms with Crippen molar-refractivity contribution in [2.45, 2.75) is 6.92 Å². The number of methoxy groups -OCH3 is 2. The zero-order valence-corrected chi connectivity index (χ0v) is 15.1. The number of carbonyl (C=O) groups excluding carboxylic acids is 3. The minimum absolute atomic E-state index is 0.0771. The van der Waals surface area contributed by atoms with Crippen molar-refractivity contribution < 1.29 is 28.2 Å². The van der Waals surface area contributed by atoms with Crippen LogP contribution in [0.3, 0.4) is 0 Å². The summed E-state index contributed by atoms with van der Waals surface area (Å²) in [5, 5.41) is 5.23. The van der Waals surface area contributed by atoms with Gasteiger partial charge in [-0.15, -0.1) is 0 Å². The van der Waals surface area contributed by atoms with Crippen LogP contribution in [0.15, 0.2) is 36.4 Å². The molecule has 0 fully saturated rings. The van der Waals surface area contributed by atoms with Crippen molar-refractivity contribution in [1.82, 2.24) is 0 Å². The summed E-state index contributed by atoms with van der Waals surface area (Å²) in [4.78, 5) is 35.6. The molecule has 142 valence electrons. The lowest BCUT2D eigenvalue weighted by atomic mass is 10.1. The number of esters is 2. The third kappa shape index (κ3) is 5.27. The molecule has 0 aliphatic heterocycles. The molecule has 1 amide bonds. The Labute approximate surface area is 155 Å². The minimum atomic E-state index is -0.670. The standard InChI is InChI=1S/C19H19FN2O5/c1-11-4-5-16(15(20)6-11)21-10-17(23)22-14-8-12(18(24)26-2)7-13(9-14)19(25)27-3/h4-9,21H,10H2,1-3H3,(H,22,23). The van der Waals surface area contributed by atoms with E-state index in [0.717, 1.165) is 5.56 Å². The third-order valence-corrected chi connectivity index (χ3v) is 3.62. The summed E-state index contributed by atoms with van der Waals surface area (Å²) in [7, 11) is 2.40. The second-order valence-corrected chi connectivity index (χ2v) is 5.67. The van der Waals surface area contributed by atoms with Crippen LogP contribution in [-0.2, 0) is 14.3 Å². The van der Waals surface area contributed by atoms with Gasteiger partial charge in [-0.1, -0.05) is 6.07 Å². The van der Waals surface area contributed by atoms with Crippen LogP contribution in [0.1, 0.15) is 26.3 Å². The van der Waals surface area contributed by atoms with Crippen molar-refractivity contribution in [3.63, 3.8) is 0 Å². The van der Waals surface area contributed by atoms with Gasteiger partial charge < -0.3 is 20.1 Å². The molecule has 0 aliphatic carbocycles. The van der Waals surface area contributed by atoms with Crippen molar-refractivity contribution in [2.24, 2.45) is 0 Å². The number of hydrogen-bond acceptors (Lipinski definition) is 6. The molecule has 2 aromatic rings. The lowest BCUT2D eigenvalue weighted by Crippen LogP contribution is -2.22. The number of halogens is 1. The van der Waals surface area contributed by atoms with E-state index in [9.17, 15) is 18.8 Å². The van der Waals surface area contributed by atoms with Gasteiger partial charge in [0.1, 0.15) is 5.82 Å². The van der Waals surface area contributed by atoms with Crippen molar-refractivity contribution in [2.75, 3.05) is 31.4 Å². The molecule has 0 heterocycles. The highest BCUT2D eigenvalue weighted by atomic mass is 19.1. The Morgan fingerprint density at radius 1 is 0.963 bits per heavy atom. The van der Waals surface area contributed by atoms with Gasteiger partial charge in [-0.3, -0.25) is 4.79 Å². The highest BCUT2D eigenvalue weighted by Crippen LogP contribution is 2.18. The highest BCUT2D eigenvalue weighted by Gasteiger charge is 2.15. The molecular weight excluding hydrogens is 355 g/mol. The zero-order valence-electron chi connectivity index (χ0n) is 15.1. The number of nitrogens with one attached hydrogen (secondary N) is 2. The number of amides is 1. The number of carbonyl (C=O) groups is 3. The number of benzene rings is 2. The molecular formula is C19H19FN2O5. The van der Waals surface area contributed by atoms with Gasteiger partial charge in [-0.25, -0.2) is 14.0 Å². The SMILES string of the molecule is COC(=O)c1cc(NC(=O)CNc2ccc(C)cc2F)cc(C(=O)OC)c1. The lowest BCUT2D eigenvalue weighted by Gasteiger charge is -2.11. The predicted molar refractivity (Wildman–Crippen MR) is 97.4 cm³/mol. The number of aryl methyl sites for hydroxylation is 1. The predicted octanol–water partition coefficient (Wildman–Crippen LogP) is 2.76. The Hall–Kier alpha value is -3.42. The maximum Gasteiger partial charge on any atom is 0.337 e. The van der Waals surface area contributed by atoms with Crippen LogP contribution in [-0.4, -0.2) is 38.6 Å². The van der Waals surface area contributed by atoms with E-state index in [0.29, 0.717) is 0 Å². The van der Waals surface area contributed by atoms with E-state index in [-0.39, 0.29) is 29.0 Å². The molecule has 8 heteroatoms. The van der Waals surface area contributed by atoms with Gasteiger partial charge in [-0.2, -0.15) is 0 Å². The van der Waals surface area contributed by atoms with Crippen molar-refractivity contribution in [1.29, 1.82) is 0 Å². The van der Waals surface area contributed by atoms with Crippen molar-refractivity contribution in [3.8, 4) is 0 Å². The summed E-state index contributed by atoms with van der Waals surface area (Å²) in [5.74, 6) is -2.30. The molecule has 0 spiro atoms. The van der Waals surface area contributed by atoms with E-state index in [1.165, 1.54) is 44.6 Å². The first-order chi connectivity index (χ1) is 12.8. The molecule has 7 nitrogen and oxygen atoms in total. The summed E-state index contributed by atoms with van der Waals surface area (Å²) in [5.41, 5.74) is 1.31. The Morgan fingerprint density at radius 3 is 2.07 bits per heavy atom. The number of rotatable bonds is 6. The highest BCUT2D eigenvalue weighted by molar-refractivity contribution is 6.00. The molecule has 0 unspecified atom stereocenters. The minimum Gasteiger partial charge on any atom is -0.465 e.